The molecule has 3 rings (SSSR count). The predicted molar refractivity (Wildman–Crippen MR) is 117 cm³/mol. The van der Waals surface area contributed by atoms with E-state index in [0.717, 1.165) is 32.2 Å². The highest BCUT2D eigenvalue weighted by molar-refractivity contribution is 8.02. The van der Waals surface area contributed by atoms with Gasteiger partial charge in [0.2, 0.25) is 5.91 Å². The van der Waals surface area contributed by atoms with E-state index in [1.165, 1.54) is 16.9 Å². The molecule has 2 aromatic heterocycles. The van der Waals surface area contributed by atoms with Crippen molar-refractivity contribution in [2.45, 2.75) is 41.6 Å². The van der Waals surface area contributed by atoms with Crippen molar-refractivity contribution in [1.82, 2.24) is 15.2 Å². The Hall–Kier alpha value is -1.42. The molecule has 0 atom stereocenters. The summed E-state index contributed by atoms with van der Waals surface area (Å²) in [6.45, 7) is 5.79. The summed E-state index contributed by atoms with van der Waals surface area (Å²) in [6.07, 6.45) is 0.975. The first-order chi connectivity index (χ1) is 13.1. The highest BCUT2D eigenvalue weighted by atomic mass is 32.2. The number of rotatable bonds is 8. The van der Waals surface area contributed by atoms with E-state index < -0.39 is 0 Å². The Balaban J connectivity index is 1.70. The number of hydrogen-bond donors (Lipinski definition) is 0. The number of aromatic nitrogens is 3. The minimum atomic E-state index is -0.0434. The Morgan fingerprint density at radius 2 is 1.81 bits per heavy atom. The Labute approximate surface area is 175 Å². The lowest BCUT2D eigenvalue weighted by molar-refractivity contribution is -0.115. The fourth-order valence-corrected chi connectivity index (χ4v) is 6.15. The van der Waals surface area contributed by atoms with Gasteiger partial charge in [-0.1, -0.05) is 60.8 Å². The van der Waals surface area contributed by atoms with Gasteiger partial charge in [0.25, 0.3) is 0 Å². The van der Waals surface area contributed by atoms with Gasteiger partial charge >= 0.3 is 0 Å². The van der Waals surface area contributed by atoms with Gasteiger partial charge in [0.05, 0.1) is 11.4 Å². The maximum absolute atomic E-state index is 12.2. The van der Waals surface area contributed by atoms with Crippen molar-refractivity contribution in [2.75, 3.05) is 10.7 Å². The summed E-state index contributed by atoms with van der Waals surface area (Å²) in [5.74, 6) is 1.66. The summed E-state index contributed by atoms with van der Waals surface area (Å²) < 4.78 is 1.94. The number of carbonyl (C=O) groups is 1. The minimum absolute atomic E-state index is 0.0434. The Bertz CT molecular complexity index is 891. The van der Waals surface area contributed by atoms with Crippen LogP contribution in [0.5, 0.6) is 0 Å². The number of thioether (sulfide) groups is 2. The summed E-state index contributed by atoms with van der Waals surface area (Å²) in [4.78, 5) is 18.5. The third kappa shape index (κ3) is 5.31. The smallest absolute Gasteiger partial charge is 0.230 e. The average Bonchev–Trinajstić information content (AvgIpc) is 3.30. The van der Waals surface area contributed by atoms with Gasteiger partial charge in [-0.3, -0.25) is 9.69 Å². The van der Waals surface area contributed by atoms with Crippen molar-refractivity contribution in [1.29, 1.82) is 0 Å². The zero-order valence-electron chi connectivity index (χ0n) is 15.3. The minimum Gasteiger partial charge on any atom is -0.274 e. The van der Waals surface area contributed by atoms with Crippen LogP contribution >= 0.6 is 46.2 Å². The molecule has 9 heteroatoms. The van der Waals surface area contributed by atoms with Crippen molar-refractivity contribution < 1.29 is 4.79 Å². The summed E-state index contributed by atoms with van der Waals surface area (Å²) >= 11 is 6.42. The molecule has 0 N–H and O–H groups in total. The molecule has 0 aliphatic rings. The van der Waals surface area contributed by atoms with Crippen LogP contribution in [0, 0.1) is 0 Å². The molecule has 1 aromatic carbocycles. The van der Waals surface area contributed by atoms with E-state index in [0.29, 0.717) is 10.9 Å². The molecule has 0 saturated heterocycles. The molecular weight excluding hydrogens is 416 g/mol. The van der Waals surface area contributed by atoms with Crippen LogP contribution in [0.3, 0.4) is 0 Å². The monoisotopic (exact) mass is 436 g/mol. The molecule has 0 unspecified atom stereocenters. The molecule has 3 aromatic rings. The fourth-order valence-electron chi connectivity index (χ4n) is 2.35. The lowest BCUT2D eigenvalue weighted by atomic mass is 10.1. The largest absolute Gasteiger partial charge is 0.274 e. The first-order valence-corrected chi connectivity index (χ1v) is 12.2. The number of amides is 1. The van der Waals surface area contributed by atoms with Crippen LogP contribution in [-0.4, -0.2) is 26.8 Å². The van der Waals surface area contributed by atoms with E-state index in [1.54, 1.807) is 46.7 Å². The number of benzene rings is 1. The number of nitrogens with zero attached hydrogens (tertiary/aromatic N) is 4. The second kappa shape index (κ2) is 9.68. The molecule has 27 heavy (non-hydrogen) atoms. The van der Waals surface area contributed by atoms with Crippen LogP contribution in [0.15, 0.2) is 38.3 Å². The van der Waals surface area contributed by atoms with Crippen molar-refractivity contribution >= 4 is 62.9 Å². The molecule has 0 aliphatic carbocycles. The van der Waals surface area contributed by atoms with Gasteiger partial charge in [-0.05, 0) is 29.9 Å². The fraction of sp³-hybridized carbons (Fsp3) is 0.333. The molecular formula is C18H20N4OS4. The van der Waals surface area contributed by atoms with E-state index in [2.05, 4.69) is 41.2 Å². The van der Waals surface area contributed by atoms with Gasteiger partial charge < -0.3 is 0 Å². The Kier molecular flexibility index (Phi) is 7.28. The lowest BCUT2D eigenvalue weighted by Crippen LogP contribution is -2.22. The van der Waals surface area contributed by atoms with Gasteiger partial charge in [0.15, 0.2) is 13.8 Å². The first kappa shape index (κ1) is 20.3. The topological polar surface area (TPSA) is 59.0 Å². The van der Waals surface area contributed by atoms with Crippen molar-refractivity contribution in [2.24, 2.45) is 0 Å². The molecule has 0 bridgehead atoms. The van der Waals surface area contributed by atoms with E-state index in [1.807, 2.05) is 17.5 Å². The second-order valence-corrected chi connectivity index (χ2v) is 10.1. The average molecular weight is 437 g/mol. The van der Waals surface area contributed by atoms with Crippen LogP contribution in [0.4, 0.5) is 10.8 Å². The molecule has 1 amide bonds. The van der Waals surface area contributed by atoms with Crippen molar-refractivity contribution in [3.63, 3.8) is 0 Å². The standard InChI is InChI=1S/C18H20N4OS4/c1-4-13-6-8-15(9-7-13)22(12(3)23)16-19-14(10-25-16)11-26-18-21-20-17(27-18)24-5-2/h6-10H,4-5,11H2,1-3H3. The summed E-state index contributed by atoms with van der Waals surface area (Å²) in [5, 5.41) is 11.1. The molecule has 0 saturated carbocycles. The van der Waals surface area contributed by atoms with E-state index in [-0.39, 0.29) is 5.91 Å². The van der Waals surface area contributed by atoms with Gasteiger partial charge in [0.1, 0.15) is 0 Å². The zero-order valence-corrected chi connectivity index (χ0v) is 18.6. The molecule has 5 nitrogen and oxygen atoms in total. The van der Waals surface area contributed by atoms with E-state index in [9.17, 15) is 4.79 Å². The number of hydrogen-bond acceptors (Lipinski definition) is 8. The van der Waals surface area contributed by atoms with Crippen molar-refractivity contribution in [3.05, 3.63) is 40.9 Å². The lowest BCUT2D eigenvalue weighted by Gasteiger charge is -2.18. The molecule has 2 heterocycles. The third-order valence-corrected chi connectivity index (χ3v) is 7.63. The Morgan fingerprint density at radius 1 is 1.11 bits per heavy atom. The van der Waals surface area contributed by atoms with Gasteiger partial charge in [-0.2, -0.15) is 0 Å². The maximum atomic E-state index is 12.2. The van der Waals surface area contributed by atoms with Crippen LogP contribution in [0.25, 0.3) is 0 Å². The van der Waals surface area contributed by atoms with Crippen LogP contribution < -0.4 is 4.90 Å². The number of thiazole rings is 1. The molecule has 0 spiro atoms. The molecule has 0 fully saturated rings. The highest BCUT2D eigenvalue weighted by Gasteiger charge is 2.18. The predicted octanol–water partition coefficient (Wildman–Crippen LogP) is 5.65. The van der Waals surface area contributed by atoms with E-state index >= 15 is 0 Å². The quantitative estimate of drug-likeness (QED) is 0.426. The summed E-state index contributed by atoms with van der Waals surface area (Å²) in [5.41, 5.74) is 3.03. The molecule has 0 radical (unpaired) electrons. The van der Waals surface area contributed by atoms with Crippen LogP contribution in [0.2, 0.25) is 0 Å². The van der Waals surface area contributed by atoms with Gasteiger partial charge in [-0.25, -0.2) is 4.98 Å². The van der Waals surface area contributed by atoms with Crippen LogP contribution in [-0.2, 0) is 17.0 Å². The third-order valence-electron chi connectivity index (χ3n) is 3.65. The second-order valence-electron chi connectivity index (χ2n) is 5.55. The van der Waals surface area contributed by atoms with E-state index in [4.69, 9.17) is 0 Å². The Morgan fingerprint density at radius 3 is 2.44 bits per heavy atom. The van der Waals surface area contributed by atoms with Crippen LogP contribution in [0.1, 0.15) is 32.0 Å². The molecule has 142 valence electrons. The van der Waals surface area contributed by atoms with Gasteiger partial charge in [-0.15, -0.1) is 21.5 Å². The SMILES string of the molecule is CCSc1nnc(SCc2csc(N(C(C)=O)c3ccc(CC)cc3)n2)s1. The summed E-state index contributed by atoms with van der Waals surface area (Å²) in [6, 6.07) is 8.06. The summed E-state index contributed by atoms with van der Waals surface area (Å²) in [7, 11) is 0. The first-order valence-electron chi connectivity index (χ1n) is 8.53. The number of aryl methyl sites for hydroxylation is 1. The number of anilines is 2. The maximum Gasteiger partial charge on any atom is 0.230 e. The zero-order chi connectivity index (χ0) is 19.2. The highest BCUT2D eigenvalue weighted by Crippen LogP contribution is 2.33. The normalized spacial score (nSPS) is 10.9. The molecule has 0 aliphatic heterocycles. The van der Waals surface area contributed by atoms with Crippen molar-refractivity contribution in [3.8, 4) is 0 Å². The van der Waals surface area contributed by atoms with Gasteiger partial charge in [0, 0.05) is 18.1 Å². The number of carbonyl (C=O) groups excluding carboxylic acids is 1.